The Hall–Kier alpha value is -4.35. The molecule has 0 saturated heterocycles. The summed E-state index contributed by atoms with van der Waals surface area (Å²) < 4.78 is 0. The first kappa shape index (κ1) is 24.9. The highest BCUT2D eigenvalue weighted by atomic mass is 32.1. The highest BCUT2D eigenvalue weighted by molar-refractivity contribution is 7.80. The first-order chi connectivity index (χ1) is 15.8. The Balaban J connectivity index is 2.06. The predicted molar refractivity (Wildman–Crippen MR) is 127 cm³/mol. The van der Waals surface area contributed by atoms with E-state index in [1.165, 1.54) is 18.2 Å². The van der Waals surface area contributed by atoms with Gasteiger partial charge in [0.1, 0.15) is 5.92 Å². The minimum Gasteiger partial charge on any atom is -0.375 e. The number of non-ortho nitro benzene ring substituents is 1. The van der Waals surface area contributed by atoms with E-state index in [1.807, 2.05) is 0 Å². The second-order valence-electron chi connectivity index (χ2n) is 6.93. The molecule has 0 aliphatic carbocycles. The third-order valence-corrected chi connectivity index (χ3v) is 4.64. The van der Waals surface area contributed by atoms with Gasteiger partial charge in [-0.25, -0.2) is 0 Å². The first-order valence-corrected chi connectivity index (χ1v) is 10.3. The molecule has 0 bridgehead atoms. The number of amides is 1. The summed E-state index contributed by atoms with van der Waals surface area (Å²) in [5, 5.41) is 36.2. The molecule has 33 heavy (non-hydrogen) atoms. The van der Waals surface area contributed by atoms with Crippen LogP contribution < -0.4 is 16.5 Å². The molecule has 0 aliphatic rings. The fourth-order valence-electron chi connectivity index (χ4n) is 3.00. The average Bonchev–Trinajstić information content (AvgIpc) is 2.78. The van der Waals surface area contributed by atoms with E-state index in [9.17, 15) is 20.2 Å². The molecule has 2 rings (SSSR count). The molecule has 2 aromatic carbocycles. The number of rotatable bonds is 10. The Morgan fingerprint density at radius 1 is 1.21 bits per heavy atom. The predicted octanol–water partition coefficient (Wildman–Crippen LogP) is 3.27. The van der Waals surface area contributed by atoms with Crippen LogP contribution in [0.25, 0.3) is 0 Å². The number of nitrogens with zero attached hydrogens (tertiary/aromatic N) is 4. The Kier molecular flexibility index (Phi) is 9.43. The Bertz CT molecular complexity index is 1130. The summed E-state index contributed by atoms with van der Waals surface area (Å²) in [4.78, 5) is 22.6. The quantitative estimate of drug-likeness (QED) is 0.208. The van der Waals surface area contributed by atoms with Gasteiger partial charge in [0.15, 0.2) is 5.11 Å². The maximum absolute atomic E-state index is 12.3. The van der Waals surface area contributed by atoms with Gasteiger partial charge in [-0.3, -0.25) is 20.3 Å². The van der Waals surface area contributed by atoms with Crippen molar-refractivity contribution in [1.82, 2.24) is 5.43 Å². The number of hydrogen-bond acceptors (Lipinski definition) is 7. The smallest absolute Gasteiger partial charge is 0.271 e. The van der Waals surface area contributed by atoms with Gasteiger partial charge in [-0.15, -0.1) is 0 Å². The zero-order chi connectivity index (χ0) is 24.2. The van der Waals surface area contributed by atoms with E-state index in [4.69, 9.17) is 23.2 Å². The second-order valence-corrected chi connectivity index (χ2v) is 7.37. The van der Waals surface area contributed by atoms with Crippen molar-refractivity contribution < 1.29 is 9.72 Å². The van der Waals surface area contributed by atoms with E-state index >= 15 is 0 Å². The number of nitro groups is 1. The molecule has 0 aromatic heterocycles. The largest absolute Gasteiger partial charge is 0.375 e. The van der Waals surface area contributed by atoms with E-state index < -0.39 is 10.8 Å². The molecule has 0 heterocycles. The summed E-state index contributed by atoms with van der Waals surface area (Å²) in [6.07, 6.45) is 1.04. The van der Waals surface area contributed by atoms with Gasteiger partial charge in [0, 0.05) is 24.2 Å². The number of nitriles is 2. The number of hydrazone groups is 1. The van der Waals surface area contributed by atoms with Crippen molar-refractivity contribution in [3.8, 4) is 12.1 Å². The van der Waals surface area contributed by atoms with Gasteiger partial charge in [0.25, 0.3) is 5.69 Å². The summed E-state index contributed by atoms with van der Waals surface area (Å²) in [6.45, 7) is 0. The van der Waals surface area contributed by atoms with Crippen LogP contribution >= 0.6 is 12.2 Å². The molecule has 0 spiro atoms. The van der Waals surface area contributed by atoms with Crippen LogP contribution in [0.3, 0.4) is 0 Å². The maximum atomic E-state index is 12.3. The highest BCUT2D eigenvalue weighted by Gasteiger charge is 2.19. The SMILES string of the molecule is N#CCc1ccc([C@@H](C#N)/C(CCCC(=O)Nc2cccc([N+](=O)[O-])c2)=N\NC(N)=S)cc1. The van der Waals surface area contributed by atoms with Gasteiger partial charge in [0.2, 0.25) is 5.91 Å². The molecule has 2 aromatic rings. The molecule has 10 nitrogen and oxygen atoms in total. The van der Waals surface area contributed by atoms with Crippen LogP contribution in [0.15, 0.2) is 53.6 Å². The number of nitrogens with two attached hydrogens (primary N) is 1. The van der Waals surface area contributed by atoms with E-state index in [0.29, 0.717) is 29.8 Å². The fraction of sp³-hybridized carbons (Fsp3) is 0.227. The van der Waals surface area contributed by atoms with Gasteiger partial charge in [-0.05, 0) is 42.3 Å². The maximum Gasteiger partial charge on any atom is 0.271 e. The number of anilines is 1. The summed E-state index contributed by atoms with van der Waals surface area (Å²) in [5.41, 5.74) is 10.1. The van der Waals surface area contributed by atoms with Gasteiger partial charge in [0.05, 0.1) is 29.2 Å². The minimum absolute atomic E-state index is 0.0584. The van der Waals surface area contributed by atoms with Crippen LogP contribution in [0.2, 0.25) is 0 Å². The highest BCUT2D eigenvalue weighted by Crippen LogP contribution is 2.22. The topological polar surface area (TPSA) is 170 Å². The van der Waals surface area contributed by atoms with Crippen LogP contribution in [0.4, 0.5) is 11.4 Å². The molecular formula is C22H21N7O3S. The lowest BCUT2D eigenvalue weighted by atomic mass is 9.91. The molecule has 4 N–H and O–H groups in total. The number of carbonyl (C=O) groups excluding carboxylic acids is 1. The second kappa shape index (κ2) is 12.5. The summed E-state index contributed by atoms with van der Waals surface area (Å²) in [7, 11) is 0. The third kappa shape index (κ3) is 8.01. The van der Waals surface area contributed by atoms with Crippen LogP contribution in [-0.2, 0) is 11.2 Å². The lowest BCUT2D eigenvalue weighted by molar-refractivity contribution is -0.384. The Labute approximate surface area is 195 Å². The van der Waals surface area contributed by atoms with Crippen LogP contribution in [-0.4, -0.2) is 21.7 Å². The number of carbonyl (C=O) groups is 1. The number of nitro benzene ring substituents is 1. The van der Waals surface area contributed by atoms with Gasteiger partial charge in [-0.2, -0.15) is 15.6 Å². The monoisotopic (exact) mass is 463 g/mol. The molecule has 0 saturated carbocycles. The summed E-state index contributed by atoms with van der Waals surface area (Å²) in [6, 6.07) is 17.0. The molecule has 0 aliphatic heterocycles. The average molecular weight is 464 g/mol. The third-order valence-electron chi connectivity index (χ3n) is 4.55. The zero-order valence-electron chi connectivity index (χ0n) is 17.5. The Morgan fingerprint density at radius 3 is 2.55 bits per heavy atom. The number of hydrogen-bond donors (Lipinski definition) is 3. The van der Waals surface area contributed by atoms with Crippen molar-refractivity contribution in [1.29, 1.82) is 10.5 Å². The number of nitrogens with one attached hydrogen (secondary N) is 2. The van der Waals surface area contributed by atoms with Gasteiger partial charge in [-0.1, -0.05) is 30.3 Å². The minimum atomic E-state index is -0.706. The van der Waals surface area contributed by atoms with Crippen LogP contribution in [0.1, 0.15) is 36.3 Å². The van der Waals surface area contributed by atoms with Crippen molar-refractivity contribution in [2.45, 2.75) is 31.6 Å². The van der Waals surface area contributed by atoms with E-state index in [0.717, 1.165) is 5.56 Å². The molecule has 0 fully saturated rings. The zero-order valence-corrected chi connectivity index (χ0v) is 18.3. The summed E-state index contributed by atoms with van der Waals surface area (Å²) in [5.74, 6) is -1.03. The molecular weight excluding hydrogens is 442 g/mol. The first-order valence-electron chi connectivity index (χ1n) is 9.85. The lowest BCUT2D eigenvalue weighted by Gasteiger charge is -2.14. The fourth-order valence-corrected chi connectivity index (χ4v) is 3.05. The lowest BCUT2D eigenvalue weighted by Crippen LogP contribution is -2.27. The van der Waals surface area contributed by atoms with E-state index in [1.54, 1.807) is 30.3 Å². The van der Waals surface area contributed by atoms with Crippen molar-refractivity contribution in [2.24, 2.45) is 10.8 Å². The summed E-state index contributed by atoms with van der Waals surface area (Å²) >= 11 is 4.79. The van der Waals surface area contributed by atoms with E-state index in [2.05, 4.69) is 28.0 Å². The molecule has 0 radical (unpaired) electrons. The van der Waals surface area contributed by atoms with E-state index in [-0.39, 0.29) is 29.5 Å². The van der Waals surface area contributed by atoms with Crippen molar-refractivity contribution in [2.75, 3.05) is 5.32 Å². The van der Waals surface area contributed by atoms with Crippen molar-refractivity contribution in [3.05, 3.63) is 69.8 Å². The Morgan fingerprint density at radius 2 is 1.94 bits per heavy atom. The standard InChI is InChI=1S/C22H21N7O3S/c23-12-11-15-7-9-16(10-8-15)19(14-24)20(27-28-22(25)33)5-2-6-21(30)26-17-3-1-4-18(13-17)29(31)32/h1,3-4,7-10,13,19H,2,5-6,11H2,(H,26,30)(H3,25,28,33)/b27-20-/t19-/m1/s1. The number of benzene rings is 2. The van der Waals surface area contributed by atoms with Crippen molar-refractivity contribution >= 4 is 40.3 Å². The molecule has 168 valence electrons. The molecule has 1 amide bonds. The normalized spacial score (nSPS) is 11.5. The molecule has 1 atom stereocenters. The molecule has 11 heteroatoms. The number of thiocarbonyl (C=S) groups is 1. The van der Waals surface area contributed by atoms with Gasteiger partial charge >= 0.3 is 0 Å². The van der Waals surface area contributed by atoms with Crippen LogP contribution in [0.5, 0.6) is 0 Å². The molecule has 0 unspecified atom stereocenters. The van der Waals surface area contributed by atoms with Crippen molar-refractivity contribution in [3.63, 3.8) is 0 Å². The van der Waals surface area contributed by atoms with Gasteiger partial charge < -0.3 is 11.1 Å². The van der Waals surface area contributed by atoms with Crippen LogP contribution in [0, 0.1) is 32.8 Å².